The molecule has 0 aliphatic rings. The Labute approximate surface area is 464 Å². The molecule has 368 valence electrons. The van der Waals surface area contributed by atoms with Crippen molar-refractivity contribution in [1.29, 1.82) is 0 Å². The molecule has 0 atom stereocenters. The van der Waals surface area contributed by atoms with Gasteiger partial charge in [0.25, 0.3) is 6.33 Å². The Kier molecular flexibility index (Phi) is 7.71. The third kappa shape index (κ3) is 8.99. The van der Waals surface area contributed by atoms with Gasteiger partial charge in [-0.05, 0) is 122 Å². The number of benzene rings is 8. The molecule has 11 rings (SSSR count). The fraction of sp³-hybridized carbons (Fsp3) is 0.217. The van der Waals surface area contributed by atoms with Gasteiger partial charge in [0.2, 0.25) is 0 Å². The van der Waals surface area contributed by atoms with Crippen molar-refractivity contribution in [2.45, 2.75) is 98.2 Å². The van der Waals surface area contributed by atoms with Gasteiger partial charge < -0.3 is 4.74 Å². The average Bonchev–Trinajstić information content (AvgIpc) is 1.51. The van der Waals surface area contributed by atoms with Gasteiger partial charge in [0.1, 0.15) is 28.7 Å². The van der Waals surface area contributed by atoms with Crippen LogP contribution >= 0.6 is 0 Å². The summed E-state index contributed by atoms with van der Waals surface area (Å²) in [5.74, 6) is -3.64. The van der Waals surface area contributed by atoms with Crippen molar-refractivity contribution in [3.63, 3.8) is 0 Å². The van der Waals surface area contributed by atoms with Gasteiger partial charge in [0.05, 0.1) is 27.5 Å². The Bertz CT molecular complexity index is 4820. The predicted octanol–water partition coefficient (Wildman–Crippen LogP) is 18.2. The highest BCUT2D eigenvalue weighted by molar-refractivity contribution is 6.09. The first-order chi connectivity index (χ1) is 43.2. The van der Waals surface area contributed by atoms with E-state index >= 15 is 0 Å². The summed E-state index contributed by atoms with van der Waals surface area (Å²) in [7, 11) is 0. The Hall–Kier alpha value is -8.02. The Morgan fingerprint density at radius 2 is 1.14 bits per heavy atom. The first-order valence-electron chi connectivity index (χ1n) is 34.0. The zero-order valence-electron chi connectivity index (χ0n) is 61.8. The highest BCUT2D eigenvalue weighted by Crippen LogP contribution is 2.43. The van der Waals surface area contributed by atoms with Gasteiger partial charge in [-0.1, -0.05) is 191 Å². The summed E-state index contributed by atoms with van der Waals surface area (Å²) in [5, 5.41) is 1.14. The minimum absolute atomic E-state index is 0.0403. The number of ether oxygens (including phenoxy) is 1. The number of imidazole rings is 1. The molecule has 0 bridgehead atoms. The lowest BCUT2D eigenvalue weighted by molar-refractivity contribution is -0.566. The molecule has 0 aliphatic carbocycles. The molecule has 0 amide bonds. The number of hydrogen-bond acceptors (Lipinski definition) is 2. The number of nitrogens with zero attached hydrogens (tertiary/aromatic N) is 4. The number of hydrogen-bond donors (Lipinski definition) is 0. The highest BCUT2D eigenvalue weighted by atomic mass is 16.5. The van der Waals surface area contributed by atoms with Crippen molar-refractivity contribution in [3.8, 4) is 62.1 Å². The molecule has 0 N–H and O–H groups in total. The normalized spacial score (nSPS) is 16.5. The molecule has 0 fully saturated rings. The van der Waals surface area contributed by atoms with E-state index in [9.17, 15) is 6.85 Å². The van der Waals surface area contributed by atoms with E-state index in [4.69, 9.17) is 23.9 Å². The Morgan fingerprint density at radius 1 is 0.554 bits per heavy atom. The first-order valence-corrected chi connectivity index (χ1v) is 24.5. The van der Waals surface area contributed by atoms with Crippen molar-refractivity contribution in [1.82, 2.24) is 14.1 Å². The lowest BCUT2D eigenvalue weighted by atomic mass is 9.77. The molecule has 8 aromatic carbocycles. The molecule has 5 heteroatoms. The Balaban J connectivity index is 1.13. The lowest BCUT2D eigenvalue weighted by Crippen LogP contribution is -2.31. The summed E-state index contributed by atoms with van der Waals surface area (Å²) in [6.45, 7) is 11.7. The zero-order valence-corrected chi connectivity index (χ0v) is 42.8. The van der Waals surface area contributed by atoms with E-state index in [1.165, 1.54) is 4.57 Å². The van der Waals surface area contributed by atoms with E-state index < -0.39 is 108 Å². The van der Waals surface area contributed by atoms with Crippen molar-refractivity contribution in [2.24, 2.45) is 0 Å². The molecule has 0 saturated heterocycles. The van der Waals surface area contributed by atoms with Crippen molar-refractivity contribution in [3.05, 3.63) is 223 Å². The molecule has 3 aromatic heterocycles. The maximum Gasteiger partial charge on any atom is 0.255 e. The first kappa shape index (κ1) is 30.9. The number of pyridine rings is 1. The second-order valence-electron chi connectivity index (χ2n) is 21.7. The smallest absolute Gasteiger partial charge is 0.255 e. The molecule has 0 unspecified atom stereocenters. The van der Waals surface area contributed by atoms with Crippen LogP contribution in [-0.2, 0) is 16.2 Å². The van der Waals surface area contributed by atoms with Crippen molar-refractivity contribution >= 4 is 32.8 Å². The standard InChI is InChI=1S/C69H67N4O/c1-45(2)57-42-65(70-43-60(57)47-25-16-13-17-26-47)73-61-30-19-18-29-55(61)56-34-33-54(41-64(56)73)74-53-28-22-27-52(40-53)71-44-72(63-32-21-20-31-62(63)71)66-58(46-23-14-12-15-24-46)38-51(69(9,10)11)39-59(66)48-35-49(67(3,4)5)37-50(36-48)68(6,7)8/h12-45H,1-11H3/q+1/i1D3,2D3,12D,13D,14D,15D,16D,17D,23D,24D,25D,26D,42D,43D,45D. The lowest BCUT2D eigenvalue weighted by Gasteiger charge is -2.28. The third-order valence-electron chi connectivity index (χ3n) is 13.5. The van der Waals surface area contributed by atoms with Crippen LogP contribution in [0.4, 0.5) is 0 Å². The molecule has 74 heavy (non-hydrogen) atoms. The fourth-order valence-corrected chi connectivity index (χ4v) is 9.56. The monoisotopic (exact) mass is 987 g/mol. The van der Waals surface area contributed by atoms with Crippen LogP contribution in [0.1, 0.15) is 130 Å². The van der Waals surface area contributed by atoms with Gasteiger partial charge >= 0.3 is 0 Å². The molecule has 11 aromatic rings. The summed E-state index contributed by atoms with van der Waals surface area (Å²) in [6, 6.07) is 30.1. The second kappa shape index (κ2) is 18.5. The van der Waals surface area contributed by atoms with Gasteiger partial charge in [0.15, 0.2) is 11.0 Å². The van der Waals surface area contributed by atoms with E-state index in [-0.39, 0.29) is 39.7 Å². The summed E-state index contributed by atoms with van der Waals surface area (Å²) in [5.41, 5.74) is 4.58. The van der Waals surface area contributed by atoms with Crippen LogP contribution in [0.2, 0.25) is 0 Å². The molecular formula is C69H67N4O+. The summed E-state index contributed by atoms with van der Waals surface area (Å²) in [4.78, 5) is 4.48. The minimum Gasteiger partial charge on any atom is -0.457 e. The van der Waals surface area contributed by atoms with E-state index in [0.717, 1.165) is 33.3 Å². The predicted molar refractivity (Wildman–Crippen MR) is 310 cm³/mol. The van der Waals surface area contributed by atoms with Crippen LogP contribution in [0.5, 0.6) is 11.5 Å². The Morgan fingerprint density at radius 3 is 1.80 bits per heavy atom. The topological polar surface area (TPSA) is 35.9 Å². The number of rotatable bonds is 9. The van der Waals surface area contributed by atoms with Crippen molar-refractivity contribution in [2.75, 3.05) is 0 Å². The van der Waals surface area contributed by atoms with Crippen molar-refractivity contribution < 1.29 is 35.3 Å². The fourth-order valence-electron chi connectivity index (χ4n) is 9.56. The minimum atomic E-state index is -3.77. The maximum absolute atomic E-state index is 9.85. The van der Waals surface area contributed by atoms with Crippen LogP contribution < -0.4 is 9.30 Å². The molecule has 5 nitrogen and oxygen atoms in total. The van der Waals surface area contributed by atoms with E-state index in [2.05, 4.69) is 91.6 Å². The van der Waals surface area contributed by atoms with Gasteiger partial charge in [-0.2, -0.15) is 9.13 Å². The van der Waals surface area contributed by atoms with Crippen LogP contribution in [0.15, 0.2) is 200 Å². The van der Waals surface area contributed by atoms with Gasteiger partial charge in [-0.25, -0.2) is 4.98 Å². The zero-order chi connectivity index (χ0) is 68.0. The van der Waals surface area contributed by atoms with E-state index in [0.29, 0.717) is 44.5 Å². The quantitative estimate of drug-likeness (QED) is 0.135. The molecule has 0 aliphatic heterocycles. The van der Waals surface area contributed by atoms with Crippen LogP contribution in [0.3, 0.4) is 0 Å². The van der Waals surface area contributed by atoms with Crippen LogP contribution in [0, 0.1) is 0 Å². The van der Waals surface area contributed by atoms with Crippen LogP contribution in [-0.4, -0.2) is 14.1 Å². The number of para-hydroxylation sites is 3. The molecule has 0 saturated carbocycles. The number of fused-ring (bicyclic) bond motifs is 4. The molecule has 0 spiro atoms. The molecule has 3 heterocycles. The number of aromatic nitrogens is 4. The van der Waals surface area contributed by atoms with Gasteiger partial charge in [-0.15, -0.1) is 0 Å². The third-order valence-corrected chi connectivity index (χ3v) is 13.5. The maximum atomic E-state index is 9.85. The average molecular weight is 987 g/mol. The molecule has 0 radical (unpaired) electrons. The van der Waals surface area contributed by atoms with Gasteiger partial charge in [0, 0.05) is 55.4 Å². The summed E-state index contributed by atoms with van der Waals surface area (Å²) in [6.07, 6.45) is 0.954. The van der Waals surface area contributed by atoms with Crippen LogP contribution in [0.25, 0.3) is 83.4 Å². The summed E-state index contributed by atoms with van der Waals surface area (Å²) >= 11 is 0. The largest absolute Gasteiger partial charge is 0.457 e. The SMILES string of the molecule is [2H]c1nc(-n2c3ccccc3c3ccc(Oc4cccc(-n5c[n+](-c6c(-c7cc(C(C)(C)C)cc(C(C)(C)C)c7)cc(C(C)(C)C)cc6-c6c([2H])c([2H])c([2H])c([2H])c6[2H])c6ccccc65)c4)cc32)c([2H])c(C([2H])(C([2H])([2H])[2H])C([2H])([2H])[2H])c1-c1c([2H])c([2H])c([2H])c([2H])c1[2H]. The summed E-state index contributed by atoms with van der Waals surface area (Å²) < 4.78 is 181. The van der Waals surface area contributed by atoms with Gasteiger partial charge in [-0.3, -0.25) is 4.57 Å². The molecular weight excluding hydrogens is 901 g/mol. The highest BCUT2D eigenvalue weighted by Gasteiger charge is 2.30. The second-order valence-corrected chi connectivity index (χ2v) is 21.7. The van der Waals surface area contributed by atoms with E-state index in [1.54, 1.807) is 54.6 Å². The van der Waals surface area contributed by atoms with E-state index in [1.807, 2.05) is 57.9 Å².